The fourth-order valence-corrected chi connectivity index (χ4v) is 0.821. The number of ether oxygens (including phenoxy) is 1. The van der Waals surface area contributed by atoms with E-state index >= 15 is 0 Å². The van der Waals surface area contributed by atoms with Gasteiger partial charge >= 0.3 is 5.97 Å². The maximum atomic E-state index is 10.8. The van der Waals surface area contributed by atoms with Gasteiger partial charge in [0.05, 0.1) is 6.61 Å². The minimum Gasteiger partial charge on any atom is -0.456 e. The highest BCUT2D eigenvalue weighted by Crippen LogP contribution is 2.04. The molecule has 0 aliphatic heterocycles. The molecule has 2 heteroatoms. The molecule has 0 rings (SSSR count). The highest BCUT2D eigenvalue weighted by molar-refractivity contribution is 5.88. The molecule has 0 saturated heterocycles. The van der Waals surface area contributed by atoms with Crippen molar-refractivity contribution in [1.82, 2.24) is 0 Å². The number of carbonyl (C=O) groups is 1. The van der Waals surface area contributed by atoms with Crippen molar-refractivity contribution in [2.75, 3.05) is 6.61 Å². The van der Waals surface area contributed by atoms with Gasteiger partial charge in [0.1, 0.15) is 0 Å². The third kappa shape index (κ3) is 4.79. The molecule has 0 aliphatic carbocycles. The summed E-state index contributed by atoms with van der Waals surface area (Å²) >= 11 is 0. The topological polar surface area (TPSA) is 26.3 Å². The molecule has 0 spiro atoms. The number of carbonyl (C=O) groups excluding carboxylic acids is 1. The molecule has 2 nitrogen and oxygen atoms in total. The lowest BCUT2D eigenvalue weighted by molar-refractivity contribution is -0.136. The summed E-state index contributed by atoms with van der Waals surface area (Å²) in [6.07, 6.45) is 1.98. The van der Waals surface area contributed by atoms with Crippen LogP contribution in [0.5, 0.6) is 0 Å². The molecular formula is C10H16O2. The van der Waals surface area contributed by atoms with Crippen molar-refractivity contribution in [2.24, 2.45) is 5.92 Å². The average molecular weight is 168 g/mol. The highest BCUT2D eigenvalue weighted by atomic mass is 16.5. The zero-order chi connectivity index (χ0) is 9.40. The molecule has 68 valence electrons. The van der Waals surface area contributed by atoms with E-state index in [1.165, 1.54) is 0 Å². The summed E-state index contributed by atoms with van der Waals surface area (Å²) in [5, 5.41) is 0. The van der Waals surface area contributed by atoms with Crippen LogP contribution in [0, 0.1) is 17.8 Å². The molecule has 0 N–H and O–H groups in total. The molecule has 0 atom stereocenters. The van der Waals surface area contributed by atoms with Gasteiger partial charge in [-0.25, -0.2) is 4.79 Å². The van der Waals surface area contributed by atoms with Gasteiger partial charge < -0.3 is 4.74 Å². The molecular weight excluding hydrogens is 152 g/mol. The van der Waals surface area contributed by atoms with Crippen LogP contribution in [-0.2, 0) is 9.53 Å². The minimum atomic E-state index is -0.413. The van der Waals surface area contributed by atoms with Crippen molar-refractivity contribution in [1.29, 1.82) is 0 Å². The van der Waals surface area contributed by atoms with Crippen molar-refractivity contribution < 1.29 is 9.53 Å². The zero-order valence-corrected chi connectivity index (χ0v) is 8.02. The van der Waals surface area contributed by atoms with Crippen molar-refractivity contribution in [3.8, 4) is 11.8 Å². The van der Waals surface area contributed by atoms with Gasteiger partial charge in [0.25, 0.3) is 0 Å². The van der Waals surface area contributed by atoms with Crippen LogP contribution in [0.15, 0.2) is 0 Å². The summed E-state index contributed by atoms with van der Waals surface area (Å²) in [5.74, 6) is 5.27. The number of rotatable bonds is 3. The van der Waals surface area contributed by atoms with E-state index in [4.69, 9.17) is 0 Å². The van der Waals surface area contributed by atoms with Crippen molar-refractivity contribution >= 4 is 5.97 Å². The van der Waals surface area contributed by atoms with Gasteiger partial charge in [-0.2, -0.15) is 0 Å². The van der Waals surface area contributed by atoms with Gasteiger partial charge in [0.15, 0.2) is 0 Å². The number of hydrogen-bond donors (Lipinski definition) is 0. The van der Waals surface area contributed by atoms with Crippen molar-refractivity contribution in [3.63, 3.8) is 0 Å². The van der Waals surface area contributed by atoms with Crippen LogP contribution in [0.25, 0.3) is 0 Å². The number of esters is 1. The Labute approximate surface area is 74.3 Å². The number of hydrogen-bond acceptors (Lipinski definition) is 2. The molecule has 0 aromatic heterocycles. The lowest BCUT2D eigenvalue weighted by Gasteiger charge is -2.00. The monoisotopic (exact) mass is 168 g/mol. The normalized spacial score (nSPS) is 9.00. The Morgan fingerprint density at radius 3 is 2.33 bits per heavy atom. The lowest BCUT2D eigenvalue weighted by Crippen LogP contribution is -2.01. The van der Waals surface area contributed by atoms with E-state index in [1.807, 2.05) is 0 Å². The Morgan fingerprint density at radius 1 is 1.33 bits per heavy atom. The molecule has 0 amide bonds. The maximum absolute atomic E-state index is 10.8. The van der Waals surface area contributed by atoms with Crippen LogP contribution >= 0.6 is 0 Å². The first-order valence-electron chi connectivity index (χ1n) is 4.42. The fourth-order valence-electron chi connectivity index (χ4n) is 0.821. The molecule has 12 heavy (non-hydrogen) atoms. The van der Waals surface area contributed by atoms with E-state index in [9.17, 15) is 4.79 Å². The third-order valence-electron chi connectivity index (χ3n) is 1.64. The second-order valence-electron chi connectivity index (χ2n) is 2.50. The van der Waals surface area contributed by atoms with Crippen LogP contribution in [0.2, 0.25) is 0 Å². The fraction of sp³-hybridized carbons (Fsp3) is 0.700. The molecule has 0 heterocycles. The Balaban J connectivity index is 3.90. The van der Waals surface area contributed by atoms with Crippen LogP contribution in [0.1, 0.15) is 33.6 Å². The highest BCUT2D eigenvalue weighted by Gasteiger charge is 1.98. The van der Waals surface area contributed by atoms with Gasteiger partial charge in [0, 0.05) is 11.8 Å². The molecule has 0 bridgehead atoms. The van der Waals surface area contributed by atoms with E-state index in [0.29, 0.717) is 12.5 Å². The van der Waals surface area contributed by atoms with E-state index in [1.54, 1.807) is 6.92 Å². The molecule has 0 fully saturated rings. The van der Waals surface area contributed by atoms with Gasteiger partial charge in [0.2, 0.25) is 0 Å². The summed E-state index contributed by atoms with van der Waals surface area (Å²) in [7, 11) is 0. The van der Waals surface area contributed by atoms with E-state index in [-0.39, 0.29) is 0 Å². The van der Waals surface area contributed by atoms with Gasteiger partial charge in [-0.3, -0.25) is 0 Å². The second kappa shape index (κ2) is 6.72. The Kier molecular flexibility index (Phi) is 6.18. The third-order valence-corrected chi connectivity index (χ3v) is 1.64. The van der Waals surface area contributed by atoms with E-state index < -0.39 is 5.97 Å². The molecule has 0 unspecified atom stereocenters. The first-order chi connectivity index (χ1) is 5.74. The Morgan fingerprint density at radius 2 is 1.92 bits per heavy atom. The molecule has 0 aliphatic rings. The van der Waals surface area contributed by atoms with Crippen molar-refractivity contribution in [3.05, 3.63) is 0 Å². The summed E-state index contributed by atoms with van der Waals surface area (Å²) < 4.78 is 4.67. The first-order valence-corrected chi connectivity index (χ1v) is 4.42. The Hall–Kier alpha value is -0.970. The van der Waals surface area contributed by atoms with Gasteiger partial charge in [-0.05, 0) is 19.8 Å². The van der Waals surface area contributed by atoms with E-state index in [0.717, 1.165) is 12.8 Å². The molecule has 0 aromatic carbocycles. The summed E-state index contributed by atoms with van der Waals surface area (Å²) in [6, 6.07) is 0. The SMILES string of the molecule is CCOC(=O)C#CC(CC)CC. The summed E-state index contributed by atoms with van der Waals surface area (Å²) in [6.45, 7) is 6.30. The zero-order valence-electron chi connectivity index (χ0n) is 8.02. The average Bonchev–Trinajstić information content (AvgIpc) is 2.07. The Bertz CT molecular complexity index is 182. The minimum absolute atomic E-state index is 0.328. The lowest BCUT2D eigenvalue weighted by atomic mass is 10.1. The van der Waals surface area contributed by atoms with E-state index in [2.05, 4.69) is 30.4 Å². The molecule has 0 saturated carbocycles. The van der Waals surface area contributed by atoms with Crippen LogP contribution in [0.4, 0.5) is 0 Å². The molecule has 0 radical (unpaired) electrons. The standard InChI is InChI=1S/C10H16O2/c1-4-9(5-2)7-8-10(11)12-6-3/h9H,4-6H2,1-3H3. The largest absolute Gasteiger partial charge is 0.456 e. The van der Waals surface area contributed by atoms with Crippen molar-refractivity contribution in [2.45, 2.75) is 33.6 Å². The molecule has 0 aromatic rings. The maximum Gasteiger partial charge on any atom is 0.384 e. The summed E-state index contributed by atoms with van der Waals surface area (Å²) in [4.78, 5) is 10.8. The van der Waals surface area contributed by atoms with Crippen LogP contribution < -0.4 is 0 Å². The predicted molar refractivity (Wildman–Crippen MR) is 48.5 cm³/mol. The second-order valence-corrected chi connectivity index (χ2v) is 2.50. The quantitative estimate of drug-likeness (QED) is 0.366. The first kappa shape index (κ1) is 11.0. The predicted octanol–water partition coefficient (Wildman–Crippen LogP) is 1.99. The van der Waals surface area contributed by atoms with Crippen LogP contribution in [0.3, 0.4) is 0 Å². The smallest absolute Gasteiger partial charge is 0.384 e. The van der Waals surface area contributed by atoms with Gasteiger partial charge in [-0.1, -0.05) is 19.8 Å². The van der Waals surface area contributed by atoms with Crippen LogP contribution in [-0.4, -0.2) is 12.6 Å². The van der Waals surface area contributed by atoms with Gasteiger partial charge in [-0.15, -0.1) is 0 Å². The summed E-state index contributed by atoms with van der Waals surface area (Å²) in [5.41, 5.74) is 0.